The van der Waals surface area contributed by atoms with E-state index in [2.05, 4.69) is 0 Å². The fraction of sp³-hybridized carbons (Fsp3) is 0.0455. The maximum atomic E-state index is 12.3. The van der Waals surface area contributed by atoms with Gasteiger partial charge in [-0.2, -0.15) is 0 Å². The summed E-state index contributed by atoms with van der Waals surface area (Å²) in [6.45, 7) is 0. The van der Waals surface area contributed by atoms with Crippen LogP contribution in [0.25, 0.3) is 17.2 Å². The first-order valence-electron chi connectivity index (χ1n) is 8.29. The Hall–Kier alpha value is -3.04. The van der Waals surface area contributed by atoms with Gasteiger partial charge in [0.1, 0.15) is 17.4 Å². The third-order valence-electron chi connectivity index (χ3n) is 4.24. The molecule has 1 aliphatic heterocycles. The van der Waals surface area contributed by atoms with Gasteiger partial charge < -0.3 is 4.74 Å². The van der Waals surface area contributed by atoms with Gasteiger partial charge in [-0.1, -0.05) is 42.5 Å². The van der Waals surface area contributed by atoms with E-state index in [1.54, 1.807) is 11.1 Å². The largest absolute Gasteiger partial charge is 0.457 e. The van der Waals surface area contributed by atoms with Crippen molar-refractivity contribution in [1.82, 2.24) is 0 Å². The second-order valence-electron chi connectivity index (χ2n) is 5.89. The molecular weight excluding hydrogens is 346 g/mol. The van der Waals surface area contributed by atoms with Gasteiger partial charge >= 0.3 is 0 Å². The Balaban J connectivity index is 1.80. The average molecular weight is 362 g/mol. The molecule has 0 radical (unpaired) electrons. The van der Waals surface area contributed by atoms with E-state index in [-0.39, 0.29) is 11.8 Å². The highest BCUT2D eigenvalue weighted by atomic mass is 35.5. The number of fused-ring (bicyclic) bond motifs is 3. The molecule has 3 nitrogen and oxygen atoms in total. The molecule has 0 saturated heterocycles. The summed E-state index contributed by atoms with van der Waals surface area (Å²) < 4.78 is 5.97. The summed E-state index contributed by atoms with van der Waals surface area (Å²) in [5, 5.41) is 0. The Kier molecular flexibility index (Phi) is 4.46. The number of para-hydroxylation sites is 2. The maximum Gasteiger partial charge on any atom is 0.245 e. The third-order valence-corrected chi connectivity index (χ3v) is 4.47. The van der Waals surface area contributed by atoms with Crippen LogP contribution in [0.15, 0.2) is 79.0 Å². The highest BCUT2D eigenvalue weighted by Crippen LogP contribution is 2.39. The van der Waals surface area contributed by atoms with Crippen molar-refractivity contribution in [3.05, 3.63) is 84.6 Å². The fourth-order valence-electron chi connectivity index (χ4n) is 3.03. The molecule has 128 valence electrons. The molecule has 1 heterocycles. The summed E-state index contributed by atoms with van der Waals surface area (Å²) in [4.78, 5) is 13.9. The molecule has 26 heavy (non-hydrogen) atoms. The third kappa shape index (κ3) is 3.09. The van der Waals surface area contributed by atoms with Gasteiger partial charge in [0.05, 0.1) is 5.69 Å². The minimum Gasteiger partial charge on any atom is -0.457 e. The molecule has 3 aromatic rings. The van der Waals surface area contributed by atoms with Gasteiger partial charge in [-0.3, -0.25) is 9.69 Å². The van der Waals surface area contributed by atoms with E-state index in [0.29, 0.717) is 0 Å². The number of halogens is 1. The van der Waals surface area contributed by atoms with Gasteiger partial charge in [-0.15, -0.1) is 11.6 Å². The minimum absolute atomic E-state index is 0.0720. The number of rotatable bonds is 3. The highest BCUT2D eigenvalue weighted by molar-refractivity contribution is 6.30. The van der Waals surface area contributed by atoms with Crippen molar-refractivity contribution in [2.45, 2.75) is 0 Å². The van der Waals surface area contributed by atoms with Gasteiger partial charge in [0.25, 0.3) is 0 Å². The predicted molar refractivity (Wildman–Crippen MR) is 106 cm³/mol. The number of benzene rings is 3. The number of hydrogen-bond acceptors (Lipinski definition) is 2. The van der Waals surface area contributed by atoms with Crippen molar-refractivity contribution in [3.8, 4) is 22.6 Å². The van der Waals surface area contributed by atoms with E-state index in [4.69, 9.17) is 16.3 Å². The summed E-state index contributed by atoms with van der Waals surface area (Å²) in [7, 11) is 0. The molecule has 0 bridgehead atoms. The lowest BCUT2D eigenvalue weighted by Gasteiger charge is -2.19. The second-order valence-corrected chi connectivity index (χ2v) is 6.16. The van der Waals surface area contributed by atoms with Crippen LogP contribution in [0.3, 0.4) is 0 Å². The molecule has 4 rings (SSSR count). The summed E-state index contributed by atoms with van der Waals surface area (Å²) >= 11 is 5.79. The van der Waals surface area contributed by atoms with Crippen molar-refractivity contribution < 1.29 is 9.53 Å². The van der Waals surface area contributed by atoms with E-state index < -0.39 is 0 Å². The van der Waals surface area contributed by atoms with Gasteiger partial charge in [0.2, 0.25) is 5.91 Å². The number of alkyl halides is 1. The van der Waals surface area contributed by atoms with Crippen LogP contribution in [0.4, 0.5) is 5.69 Å². The van der Waals surface area contributed by atoms with E-state index in [9.17, 15) is 4.79 Å². The lowest BCUT2D eigenvalue weighted by atomic mass is 9.98. The Morgan fingerprint density at radius 2 is 1.65 bits per heavy atom. The first-order chi connectivity index (χ1) is 12.8. The SMILES string of the molecule is O=C(CCl)N1C=Cc2ccc(Oc3ccccc3)cc2-c2ccccc21. The number of ether oxygens (including phenoxy) is 1. The maximum absolute atomic E-state index is 12.3. The molecule has 0 spiro atoms. The average Bonchev–Trinajstić information content (AvgIpc) is 2.85. The zero-order valence-corrected chi connectivity index (χ0v) is 14.7. The molecule has 4 heteroatoms. The van der Waals surface area contributed by atoms with Crippen LogP contribution in [-0.2, 0) is 4.79 Å². The van der Waals surface area contributed by atoms with Crippen LogP contribution in [0, 0.1) is 0 Å². The molecular formula is C22H16ClNO2. The number of anilines is 1. The number of carbonyl (C=O) groups is 1. The molecule has 0 unspecified atom stereocenters. The Bertz CT molecular complexity index is 982. The quantitative estimate of drug-likeness (QED) is 0.560. The predicted octanol–water partition coefficient (Wildman–Crippen LogP) is 5.70. The van der Waals surface area contributed by atoms with Crippen LogP contribution in [0.2, 0.25) is 0 Å². The zero-order chi connectivity index (χ0) is 17.9. The number of nitrogens with zero attached hydrogens (tertiary/aromatic N) is 1. The smallest absolute Gasteiger partial charge is 0.245 e. The zero-order valence-electron chi connectivity index (χ0n) is 13.9. The van der Waals surface area contributed by atoms with Crippen LogP contribution in [0.5, 0.6) is 11.5 Å². The molecule has 1 aliphatic rings. The molecule has 0 N–H and O–H groups in total. The summed E-state index contributed by atoms with van der Waals surface area (Å²) in [6, 6.07) is 23.4. The van der Waals surface area contributed by atoms with E-state index in [0.717, 1.165) is 33.9 Å². The van der Waals surface area contributed by atoms with Gasteiger partial charge in [-0.25, -0.2) is 0 Å². The molecule has 1 amide bonds. The number of amides is 1. The summed E-state index contributed by atoms with van der Waals surface area (Å²) in [5.41, 5.74) is 3.80. The van der Waals surface area contributed by atoms with Crippen molar-refractivity contribution in [2.75, 3.05) is 10.8 Å². The van der Waals surface area contributed by atoms with E-state index >= 15 is 0 Å². The molecule has 0 aromatic heterocycles. The van der Waals surface area contributed by atoms with Crippen molar-refractivity contribution in [1.29, 1.82) is 0 Å². The van der Waals surface area contributed by atoms with Crippen molar-refractivity contribution in [3.63, 3.8) is 0 Å². The van der Waals surface area contributed by atoms with Crippen LogP contribution in [-0.4, -0.2) is 11.8 Å². The molecule has 0 aliphatic carbocycles. The normalized spacial score (nSPS) is 12.1. The van der Waals surface area contributed by atoms with Crippen LogP contribution >= 0.6 is 11.6 Å². The van der Waals surface area contributed by atoms with Crippen LogP contribution in [0.1, 0.15) is 5.56 Å². The lowest BCUT2D eigenvalue weighted by molar-refractivity contribution is -0.115. The number of hydrogen-bond donors (Lipinski definition) is 0. The van der Waals surface area contributed by atoms with Crippen molar-refractivity contribution in [2.24, 2.45) is 0 Å². The number of carbonyl (C=O) groups excluding carboxylic acids is 1. The molecule has 0 fully saturated rings. The van der Waals surface area contributed by atoms with Gasteiger partial charge in [-0.05, 0) is 47.5 Å². The van der Waals surface area contributed by atoms with Crippen LogP contribution < -0.4 is 9.64 Å². The summed E-state index contributed by atoms with van der Waals surface area (Å²) in [5.74, 6) is 1.29. The lowest BCUT2D eigenvalue weighted by Crippen LogP contribution is -2.26. The molecule has 3 aromatic carbocycles. The standard InChI is InChI=1S/C22H16ClNO2/c23-15-22(25)24-13-12-16-10-11-18(26-17-6-2-1-3-7-17)14-20(16)19-8-4-5-9-21(19)24/h1-14H,15H2. The van der Waals surface area contributed by atoms with Gasteiger partial charge in [0, 0.05) is 11.8 Å². The Labute approximate surface area is 157 Å². The van der Waals surface area contributed by atoms with Crippen molar-refractivity contribution >= 4 is 29.3 Å². The summed E-state index contributed by atoms with van der Waals surface area (Å²) in [6.07, 6.45) is 3.69. The minimum atomic E-state index is -0.163. The highest BCUT2D eigenvalue weighted by Gasteiger charge is 2.20. The molecule has 0 atom stereocenters. The van der Waals surface area contributed by atoms with E-state index in [1.165, 1.54) is 0 Å². The molecule has 0 saturated carbocycles. The topological polar surface area (TPSA) is 29.5 Å². The first-order valence-corrected chi connectivity index (χ1v) is 8.82. The Morgan fingerprint density at radius 1 is 0.885 bits per heavy atom. The van der Waals surface area contributed by atoms with Gasteiger partial charge in [0.15, 0.2) is 0 Å². The first kappa shape index (κ1) is 16.4. The fourth-order valence-corrected chi connectivity index (χ4v) is 3.16. The Morgan fingerprint density at radius 3 is 2.46 bits per heavy atom. The van der Waals surface area contributed by atoms with E-state index in [1.807, 2.05) is 78.9 Å². The second kappa shape index (κ2) is 7.06. The monoisotopic (exact) mass is 361 g/mol.